The van der Waals surface area contributed by atoms with E-state index in [9.17, 15) is 14.7 Å². The lowest BCUT2D eigenvalue weighted by atomic mass is 9.45. The number of carboxylic acids is 1. The number of aliphatic carboxylic acids is 1. The predicted octanol–water partition coefficient (Wildman–Crippen LogP) is 4.61. The molecular formula is C24H36O4. The number of fused-ring (bicyclic) bond motifs is 5. The maximum Gasteiger partial charge on any atom is 0.303 e. The Morgan fingerprint density at radius 2 is 1.96 bits per heavy atom. The van der Waals surface area contributed by atoms with E-state index in [2.05, 4.69) is 20.8 Å². The zero-order chi connectivity index (χ0) is 20.3. The number of aliphatic hydroxyl groups excluding tert-OH is 1. The molecule has 0 aliphatic heterocycles. The monoisotopic (exact) mass is 388 g/mol. The Labute approximate surface area is 168 Å². The third kappa shape index (κ3) is 2.98. The van der Waals surface area contributed by atoms with E-state index in [1.807, 2.05) is 6.08 Å². The standard InChI is InChI=1S/C24H36O4/c1-14(4-7-21(27)28)17-5-6-18-22-19(9-11-24(17,18)3)23(2)10-8-16(25)12-15(23)13-20(22)26/h12,14,17-20,22,26H,4-11,13H2,1-3H3,(H,27,28). The van der Waals surface area contributed by atoms with Crippen molar-refractivity contribution in [1.82, 2.24) is 0 Å². The van der Waals surface area contributed by atoms with Gasteiger partial charge in [-0.3, -0.25) is 9.59 Å². The first-order chi connectivity index (χ1) is 13.2. The number of ketones is 1. The van der Waals surface area contributed by atoms with Gasteiger partial charge in [-0.1, -0.05) is 26.3 Å². The van der Waals surface area contributed by atoms with Crippen LogP contribution in [-0.2, 0) is 9.59 Å². The van der Waals surface area contributed by atoms with Gasteiger partial charge in [0.15, 0.2) is 5.78 Å². The molecule has 4 heteroatoms. The highest BCUT2D eigenvalue weighted by Crippen LogP contribution is 2.67. The highest BCUT2D eigenvalue weighted by atomic mass is 16.4. The molecule has 2 N–H and O–H groups in total. The van der Waals surface area contributed by atoms with Gasteiger partial charge >= 0.3 is 5.97 Å². The molecule has 4 aliphatic rings. The Bertz CT molecular complexity index is 697. The molecule has 0 heterocycles. The van der Waals surface area contributed by atoms with Gasteiger partial charge in [-0.15, -0.1) is 0 Å². The summed E-state index contributed by atoms with van der Waals surface area (Å²) in [7, 11) is 0. The summed E-state index contributed by atoms with van der Waals surface area (Å²) in [6, 6.07) is 0. The maximum absolute atomic E-state index is 12.0. The molecule has 28 heavy (non-hydrogen) atoms. The summed E-state index contributed by atoms with van der Waals surface area (Å²) < 4.78 is 0. The van der Waals surface area contributed by atoms with Crippen LogP contribution in [0.3, 0.4) is 0 Å². The molecule has 4 nitrogen and oxygen atoms in total. The van der Waals surface area contributed by atoms with Gasteiger partial charge in [-0.2, -0.15) is 0 Å². The Balaban J connectivity index is 1.59. The normalized spacial score (nSPS) is 46.2. The lowest BCUT2D eigenvalue weighted by molar-refractivity contribution is -0.137. The summed E-state index contributed by atoms with van der Waals surface area (Å²) >= 11 is 0. The Kier molecular flexibility index (Phi) is 5.01. The fourth-order valence-electron chi connectivity index (χ4n) is 8.05. The lowest BCUT2D eigenvalue weighted by Crippen LogP contribution is -2.55. The van der Waals surface area contributed by atoms with Crippen LogP contribution in [0, 0.1) is 40.4 Å². The first-order valence-electron chi connectivity index (χ1n) is 11.3. The molecule has 3 fully saturated rings. The molecule has 0 spiro atoms. The van der Waals surface area contributed by atoms with E-state index >= 15 is 0 Å². The van der Waals surface area contributed by atoms with E-state index in [4.69, 9.17) is 5.11 Å². The second-order valence-corrected chi connectivity index (χ2v) is 10.8. The topological polar surface area (TPSA) is 74.6 Å². The summed E-state index contributed by atoms with van der Waals surface area (Å²) in [6.07, 6.45) is 9.39. The van der Waals surface area contributed by atoms with Gasteiger partial charge < -0.3 is 10.2 Å². The molecule has 156 valence electrons. The Morgan fingerprint density at radius 1 is 1.21 bits per heavy atom. The van der Waals surface area contributed by atoms with Crippen LogP contribution >= 0.6 is 0 Å². The van der Waals surface area contributed by atoms with Gasteiger partial charge in [0.05, 0.1) is 6.10 Å². The third-order valence-corrected chi connectivity index (χ3v) is 9.56. The summed E-state index contributed by atoms with van der Waals surface area (Å²) in [5, 5.41) is 20.3. The number of rotatable bonds is 4. The number of carboxylic acid groups (broad SMARTS) is 1. The van der Waals surface area contributed by atoms with Crippen LogP contribution in [0.2, 0.25) is 0 Å². The second kappa shape index (κ2) is 6.97. The molecule has 4 rings (SSSR count). The van der Waals surface area contributed by atoms with Crippen molar-refractivity contribution in [3.8, 4) is 0 Å². The number of carbonyl (C=O) groups is 2. The van der Waals surface area contributed by atoms with Gasteiger partial charge in [0.2, 0.25) is 0 Å². The van der Waals surface area contributed by atoms with E-state index in [1.54, 1.807) is 0 Å². The molecule has 0 radical (unpaired) electrons. The summed E-state index contributed by atoms with van der Waals surface area (Å²) in [4.78, 5) is 23.0. The molecule has 4 aliphatic carbocycles. The van der Waals surface area contributed by atoms with Crippen molar-refractivity contribution in [2.45, 2.75) is 84.7 Å². The molecule has 0 amide bonds. The Hall–Kier alpha value is -1.16. The van der Waals surface area contributed by atoms with Crippen LogP contribution in [0.4, 0.5) is 0 Å². The van der Waals surface area contributed by atoms with E-state index in [0.29, 0.717) is 42.4 Å². The molecule has 8 atom stereocenters. The summed E-state index contributed by atoms with van der Waals surface area (Å²) in [6.45, 7) is 7.01. The predicted molar refractivity (Wildman–Crippen MR) is 108 cm³/mol. The molecule has 0 bridgehead atoms. The van der Waals surface area contributed by atoms with Crippen LogP contribution in [-0.4, -0.2) is 28.1 Å². The van der Waals surface area contributed by atoms with Gasteiger partial charge in [0.25, 0.3) is 0 Å². The van der Waals surface area contributed by atoms with Crippen molar-refractivity contribution in [1.29, 1.82) is 0 Å². The largest absolute Gasteiger partial charge is 0.481 e. The molecule has 0 aromatic carbocycles. The summed E-state index contributed by atoms with van der Waals surface area (Å²) in [5.41, 5.74) is 1.49. The molecule has 0 aromatic rings. The molecule has 3 saturated carbocycles. The van der Waals surface area contributed by atoms with E-state index in [0.717, 1.165) is 32.1 Å². The average Bonchev–Trinajstić information content (AvgIpc) is 2.98. The van der Waals surface area contributed by atoms with Gasteiger partial charge in [-0.25, -0.2) is 0 Å². The highest BCUT2D eigenvalue weighted by molar-refractivity contribution is 5.91. The lowest BCUT2D eigenvalue weighted by Gasteiger charge is -2.59. The van der Waals surface area contributed by atoms with Crippen LogP contribution in [0.1, 0.15) is 78.6 Å². The quantitative estimate of drug-likeness (QED) is 0.738. The van der Waals surface area contributed by atoms with Crippen molar-refractivity contribution < 1.29 is 19.8 Å². The minimum atomic E-state index is -0.697. The van der Waals surface area contributed by atoms with Crippen LogP contribution < -0.4 is 0 Å². The minimum Gasteiger partial charge on any atom is -0.481 e. The van der Waals surface area contributed by atoms with Crippen molar-refractivity contribution in [2.24, 2.45) is 40.4 Å². The van der Waals surface area contributed by atoms with Crippen molar-refractivity contribution in [3.63, 3.8) is 0 Å². The first-order valence-corrected chi connectivity index (χ1v) is 11.3. The van der Waals surface area contributed by atoms with Crippen molar-refractivity contribution in [2.75, 3.05) is 0 Å². The molecular weight excluding hydrogens is 352 g/mol. The number of hydrogen-bond acceptors (Lipinski definition) is 3. The van der Waals surface area contributed by atoms with Gasteiger partial charge in [-0.05, 0) is 91.4 Å². The number of aliphatic hydroxyl groups is 1. The Morgan fingerprint density at radius 3 is 2.68 bits per heavy atom. The number of carbonyl (C=O) groups excluding carboxylic acids is 1. The smallest absolute Gasteiger partial charge is 0.303 e. The fourth-order valence-corrected chi connectivity index (χ4v) is 8.05. The third-order valence-electron chi connectivity index (χ3n) is 9.56. The molecule has 0 saturated heterocycles. The fraction of sp³-hybridized carbons (Fsp3) is 0.833. The van der Waals surface area contributed by atoms with E-state index < -0.39 is 5.97 Å². The molecule has 0 aromatic heterocycles. The minimum absolute atomic E-state index is 0.0755. The first kappa shape index (κ1) is 20.1. The zero-order valence-corrected chi connectivity index (χ0v) is 17.6. The van der Waals surface area contributed by atoms with Crippen LogP contribution in [0.5, 0.6) is 0 Å². The number of hydrogen-bond donors (Lipinski definition) is 2. The highest BCUT2D eigenvalue weighted by Gasteiger charge is 2.61. The van der Waals surface area contributed by atoms with Crippen molar-refractivity contribution >= 4 is 11.8 Å². The van der Waals surface area contributed by atoms with Gasteiger partial charge in [0.1, 0.15) is 0 Å². The van der Waals surface area contributed by atoms with Crippen LogP contribution in [0.25, 0.3) is 0 Å². The van der Waals surface area contributed by atoms with E-state index in [1.165, 1.54) is 12.0 Å². The van der Waals surface area contributed by atoms with Crippen LogP contribution in [0.15, 0.2) is 11.6 Å². The maximum atomic E-state index is 12.0. The second-order valence-electron chi connectivity index (χ2n) is 10.8. The molecule has 8 unspecified atom stereocenters. The summed E-state index contributed by atoms with van der Waals surface area (Å²) in [5.74, 6) is 1.83. The van der Waals surface area contributed by atoms with E-state index in [-0.39, 0.29) is 29.1 Å². The SMILES string of the molecule is CC(CCC(=O)O)C1CCC2C3C(O)CC4=CC(=O)CCC4(C)C3CCC12C. The zero-order valence-electron chi connectivity index (χ0n) is 17.6. The average molecular weight is 389 g/mol. The van der Waals surface area contributed by atoms with Gasteiger partial charge in [0, 0.05) is 12.8 Å². The van der Waals surface area contributed by atoms with Crippen molar-refractivity contribution in [3.05, 3.63) is 11.6 Å².